The minimum atomic E-state index is -0.264. The zero-order valence-corrected chi connectivity index (χ0v) is 16.6. The van der Waals surface area contributed by atoms with Gasteiger partial charge >= 0.3 is 0 Å². The van der Waals surface area contributed by atoms with Crippen LogP contribution in [-0.2, 0) is 16.0 Å². The van der Waals surface area contributed by atoms with Gasteiger partial charge in [-0.3, -0.25) is 9.59 Å². The number of nitrogens with two attached hydrogens (primary N) is 1. The molecular weight excluding hydrogens is 340 g/mol. The van der Waals surface area contributed by atoms with E-state index in [1.807, 2.05) is 4.90 Å². The van der Waals surface area contributed by atoms with E-state index in [9.17, 15) is 9.59 Å². The molecule has 5 heteroatoms. The molecule has 2 heterocycles. The van der Waals surface area contributed by atoms with Gasteiger partial charge in [0.1, 0.15) is 5.58 Å². The maximum absolute atomic E-state index is 12.9. The molecule has 0 spiro atoms. The Balaban J connectivity index is 1.72. The molecule has 1 aliphatic rings. The Labute approximate surface area is 160 Å². The predicted octanol–water partition coefficient (Wildman–Crippen LogP) is 3.91. The van der Waals surface area contributed by atoms with Crippen LogP contribution in [0.5, 0.6) is 0 Å². The molecule has 27 heavy (non-hydrogen) atoms. The fourth-order valence-electron chi connectivity index (χ4n) is 4.15. The number of aryl methyl sites for hydroxylation is 1. The first kappa shape index (κ1) is 19.5. The molecule has 1 atom stereocenters. The molecule has 1 fully saturated rings. The van der Waals surface area contributed by atoms with Crippen molar-refractivity contribution in [3.63, 3.8) is 0 Å². The lowest BCUT2D eigenvalue weighted by Crippen LogP contribution is -2.40. The second-order valence-corrected chi connectivity index (χ2v) is 8.15. The number of fused-ring (bicyclic) bond motifs is 1. The molecular formula is C22H30N2O3. The summed E-state index contributed by atoms with van der Waals surface area (Å²) in [6.45, 7) is 7.97. The van der Waals surface area contributed by atoms with Crippen molar-refractivity contribution in [1.82, 2.24) is 4.90 Å². The third-order valence-corrected chi connectivity index (χ3v) is 5.68. The molecule has 1 aromatic heterocycles. The van der Waals surface area contributed by atoms with Crippen molar-refractivity contribution in [3.8, 4) is 0 Å². The molecule has 2 N–H and O–H groups in total. The summed E-state index contributed by atoms with van der Waals surface area (Å²) in [6, 6.07) is 4.24. The van der Waals surface area contributed by atoms with Crippen LogP contribution in [-0.4, -0.2) is 29.8 Å². The zero-order valence-electron chi connectivity index (χ0n) is 16.6. The first-order chi connectivity index (χ1) is 12.8. The molecule has 0 saturated carbocycles. The zero-order chi connectivity index (χ0) is 19.6. The summed E-state index contributed by atoms with van der Waals surface area (Å²) in [6.07, 6.45) is 5.29. The average molecular weight is 370 g/mol. The first-order valence-corrected chi connectivity index (χ1v) is 9.91. The second-order valence-electron chi connectivity index (χ2n) is 8.15. The summed E-state index contributed by atoms with van der Waals surface area (Å²) in [4.78, 5) is 25.8. The van der Waals surface area contributed by atoms with E-state index < -0.39 is 0 Å². The average Bonchev–Trinajstić information content (AvgIpc) is 3.00. The SMILES string of the molecule is Cc1cc2occ(CC(=O)N3CCCC(CCC(N)=O)C3)c2cc1C(C)C. The molecule has 5 nitrogen and oxygen atoms in total. The number of carbonyl (C=O) groups excluding carboxylic acids is 2. The summed E-state index contributed by atoms with van der Waals surface area (Å²) in [5.41, 5.74) is 9.58. The quantitative estimate of drug-likeness (QED) is 0.837. The third kappa shape index (κ3) is 4.52. The van der Waals surface area contributed by atoms with Crippen LogP contribution in [0.2, 0.25) is 0 Å². The summed E-state index contributed by atoms with van der Waals surface area (Å²) in [5.74, 6) is 0.667. The molecule has 1 saturated heterocycles. The molecule has 0 radical (unpaired) electrons. The lowest BCUT2D eigenvalue weighted by Gasteiger charge is -2.32. The van der Waals surface area contributed by atoms with Crippen molar-refractivity contribution < 1.29 is 14.0 Å². The van der Waals surface area contributed by atoms with Gasteiger partial charge in [0.2, 0.25) is 11.8 Å². The topological polar surface area (TPSA) is 76.5 Å². The van der Waals surface area contributed by atoms with Gasteiger partial charge in [-0.15, -0.1) is 0 Å². The monoisotopic (exact) mass is 370 g/mol. The Hall–Kier alpha value is -2.30. The number of rotatable bonds is 6. The van der Waals surface area contributed by atoms with Crippen molar-refractivity contribution >= 4 is 22.8 Å². The number of primary amides is 1. The highest BCUT2D eigenvalue weighted by atomic mass is 16.3. The third-order valence-electron chi connectivity index (χ3n) is 5.68. The fraction of sp³-hybridized carbons (Fsp3) is 0.545. The van der Waals surface area contributed by atoms with Gasteiger partial charge in [-0.25, -0.2) is 0 Å². The lowest BCUT2D eigenvalue weighted by molar-refractivity contribution is -0.132. The highest BCUT2D eigenvalue weighted by Crippen LogP contribution is 2.30. The number of hydrogen-bond acceptors (Lipinski definition) is 3. The largest absolute Gasteiger partial charge is 0.464 e. The first-order valence-electron chi connectivity index (χ1n) is 9.91. The van der Waals surface area contributed by atoms with Gasteiger partial charge in [-0.2, -0.15) is 0 Å². The van der Waals surface area contributed by atoms with Crippen LogP contribution in [0.3, 0.4) is 0 Å². The Morgan fingerprint density at radius 1 is 1.33 bits per heavy atom. The Kier molecular flexibility index (Phi) is 5.88. The van der Waals surface area contributed by atoms with Gasteiger partial charge in [0.15, 0.2) is 0 Å². The number of amides is 2. The highest BCUT2D eigenvalue weighted by molar-refractivity contribution is 5.88. The van der Waals surface area contributed by atoms with Gasteiger partial charge in [0, 0.05) is 30.5 Å². The Morgan fingerprint density at radius 2 is 2.11 bits per heavy atom. The Bertz CT molecular complexity index is 837. The summed E-state index contributed by atoms with van der Waals surface area (Å²) >= 11 is 0. The van der Waals surface area contributed by atoms with E-state index in [1.165, 1.54) is 11.1 Å². The number of hydrogen-bond donors (Lipinski definition) is 1. The van der Waals surface area contributed by atoms with Crippen LogP contribution in [0.4, 0.5) is 0 Å². The van der Waals surface area contributed by atoms with E-state index in [4.69, 9.17) is 10.2 Å². The number of benzene rings is 1. The molecule has 1 aliphatic heterocycles. The van der Waals surface area contributed by atoms with Crippen molar-refractivity contribution in [3.05, 3.63) is 35.1 Å². The van der Waals surface area contributed by atoms with Crippen LogP contribution in [0.25, 0.3) is 11.0 Å². The van der Waals surface area contributed by atoms with Crippen molar-refractivity contribution in [2.24, 2.45) is 11.7 Å². The number of carbonyl (C=O) groups is 2. The Morgan fingerprint density at radius 3 is 2.81 bits per heavy atom. The molecule has 0 bridgehead atoms. The van der Waals surface area contributed by atoms with Gasteiger partial charge < -0.3 is 15.1 Å². The number of likely N-dealkylation sites (tertiary alicyclic amines) is 1. The molecule has 1 aromatic carbocycles. The fourth-order valence-corrected chi connectivity index (χ4v) is 4.15. The van der Waals surface area contributed by atoms with Gasteiger partial charge in [-0.05, 0) is 61.3 Å². The maximum Gasteiger partial charge on any atom is 0.227 e. The molecule has 2 aromatic rings. The maximum atomic E-state index is 12.9. The van der Waals surface area contributed by atoms with E-state index in [2.05, 4.69) is 32.9 Å². The normalized spacial score (nSPS) is 17.6. The number of nitrogens with zero attached hydrogens (tertiary/aromatic N) is 1. The minimum absolute atomic E-state index is 0.133. The predicted molar refractivity (Wildman–Crippen MR) is 106 cm³/mol. The summed E-state index contributed by atoms with van der Waals surface area (Å²) < 4.78 is 5.72. The molecule has 0 aliphatic carbocycles. The van der Waals surface area contributed by atoms with E-state index in [-0.39, 0.29) is 11.8 Å². The number of piperidine rings is 1. The van der Waals surface area contributed by atoms with Gasteiger partial charge in [0.05, 0.1) is 12.7 Å². The minimum Gasteiger partial charge on any atom is -0.464 e. The smallest absolute Gasteiger partial charge is 0.227 e. The summed E-state index contributed by atoms with van der Waals surface area (Å²) in [5, 5.41) is 1.04. The number of furan rings is 1. The van der Waals surface area contributed by atoms with E-state index >= 15 is 0 Å². The molecule has 146 valence electrons. The van der Waals surface area contributed by atoms with Crippen molar-refractivity contribution in [2.45, 2.75) is 58.8 Å². The van der Waals surface area contributed by atoms with E-state index in [0.717, 1.165) is 48.9 Å². The van der Waals surface area contributed by atoms with Crippen LogP contribution < -0.4 is 5.73 Å². The summed E-state index contributed by atoms with van der Waals surface area (Å²) in [7, 11) is 0. The molecule has 3 rings (SSSR count). The van der Waals surface area contributed by atoms with Crippen molar-refractivity contribution in [1.29, 1.82) is 0 Å². The standard InChI is InChI=1S/C22H30N2O3/c1-14(2)18-11-19-17(13-27-20(19)9-15(18)3)10-22(26)24-8-4-5-16(12-24)6-7-21(23)25/h9,11,13-14,16H,4-8,10,12H2,1-3H3,(H2,23,25). The second kappa shape index (κ2) is 8.15. The van der Waals surface area contributed by atoms with Crippen LogP contribution in [0, 0.1) is 12.8 Å². The van der Waals surface area contributed by atoms with E-state index in [0.29, 0.717) is 24.7 Å². The molecule has 2 amide bonds. The van der Waals surface area contributed by atoms with Gasteiger partial charge in [-0.1, -0.05) is 13.8 Å². The molecule has 1 unspecified atom stereocenters. The van der Waals surface area contributed by atoms with Crippen LogP contribution >= 0.6 is 0 Å². The van der Waals surface area contributed by atoms with Crippen LogP contribution in [0.15, 0.2) is 22.8 Å². The van der Waals surface area contributed by atoms with Crippen molar-refractivity contribution in [2.75, 3.05) is 13.1 Å². The highest BCUT2D eigenvalue weighted by Gasteiger charge is 2.25. The lowest BCUT2D eigenvalue weighted by atomic mass is 9.92. The van der Waals surface area contributed by atoms with Crippen LogP contribution in [0.1, 0.15) is 62.1 Å². The van der Waals surface area contributed by atoms with Gasteiger partial charge in [0.25, 0.3) is 0 Å². The van der Waals surface area contributed by atoms with E-state index in [1.54, 1.807) is 6.26 Å².